The minimum Gasteiger partial charge on any atom is -0.461 e. The lowest BCUT2D eigenvalue weighted by Crippen LogP contribution is -2.03. The maximum atomic E-state index is 10.8. The molecular weight excluding hydrogens is 208 g/mol. The van der Waals surface area contributed by atoms with Gasteiger partial charge in [0.15, 0.2) is 0 Å². The molecule has 1 rings (SSSR count). The average molecular weight is 222 g/mol. The Hall–Kier alpha value is -1.84. The molecule has 0 unspecified atom stereocenters. The fourth-order valence-electron chi connectivity index (χ4n) is 1.32. The Morgan fingerprint density at radius 3 is 2.38 bits per heavy atom. The van der Waals surface area contributed by atoms with Crippen molar-refractivity contribution in [2.24, 2.45) is 0 Å². The van der Waals surface area contributed by atoms with Gasteiger partial charge in [0.2, 0.25) is 0 Å². The highest BCUT2D eigenvalue weighted by atomic mass is 16.5. The van der Waals surface area contributed by atoms with Crippen LogP contribution in [0.1, 0.15) is 25.0 Å². The largest absolute Gasteiger partial charge is 0.461 e. The molecule has 0 fully saturated rings. The number of aryl methyl sites for hydroxylation is 1. The minimum absolute atomic E-state index is 0.186. The summed E-state index contributed by atoms with van der Waals surface area (Å²) in [5.41, 5.74) is 1.74. The molecule has 0 aliphatic rings. The Morgan fingerprint density at radius 1 is 1.12 bits per heavy atom. The van der Waals surface area contributed by atoms with Crippen LogP contribution >= 0.6 is 0 Å². The van der Waals surface area contributed by atoms with E-state index in [-0.39, 0.29) is 18.5 Å². The SMILES string of the molecule is CC(=O)OCc1cc(C)cc(OC(C)=O)c1. The summed E-state index contributed by atoms with van der Waals surface area (Å²) in [6.45, 7) is 4.76. The quantitative estimate of drug-likeness (QED) is 0.579. The van der Waals surface area contributed by atoms with E-state index in [1.165, 1.54) is 13.8 Å². The Kier molecular flexibility index (Phi) is 4.05. The van der Waals surface area contributed by atoms with Crippen LogP contribution in [0.3, 0.4) is 0 Å². The average Bonchev–Trinajstić information content (AvgIpc) is 2.12. The molecule has 1 aromatic rings. The number of benzene rings is 1. The smallest absolute Gasteiger partial charge is 0.308 e. The molecule has 0 aromatic heterocycles. The summed E-state index contributed by atoms with van der Waals surface area (Å²) in [6, 6.07) is 5.30. The summed E-state index contributed by atoms with van der Waals surface area (Å²) in [4.78, 5) is 21.5. The first-order valence-electron chi connectivity index (χ1n) is 4.89. The number of rotatable bonds is 3. The van der Waals surface area contributed by atoms with Crippen molar-refractivity contribution >= 4 is 11.9 Å². The first-order valence-corrected chi connectivity index (χ1v) is 4.89. The number of esters is 2. The fraction of sp³-hybridized carbons (Fsp3) is 0.333. The van der Waals surface area contributed by atoms with Crippen molar-refractivity contribution in [3.05, 3.63) is 29.3 Å². The molecule has 0 atom stereocenters. The highest BCUT2D eigenvalue weighted by molar-refractivity contribution is 5.69. The molecule has 0 aliphatic heterocycles. The van der Waals surface area contributed by atoms with Crippen molar-refractivity contribution in [2.75, 3.05) is 0 Å². The van der Waals surface area contributed by atoms with Crippen LogP contribution < -0.4 is 4.74 Å². The highest BCUT2D eigenvalue weighted by Crippen LogP contribution is 2.17. The molecule has 0 radical (unpaired) electrons. The molecule has 4 nitrogen and oxygen atoms in total. The first kappa shape index (κ1) is 12.2. The first-order chi connectivity index (χ1) is 7.47. The summed E-state index contributed by atoms with van der Waals surface area (Å²) in [5, 5.41) is 0. The standard InChI is InChI=1S/C12H14O4/c1-8-4-11(7-15-9(2)13)6-12(5-8)16-10(3)14/h4-6H,7H2,1-3H3. The molecule has 0 bridgehead atoms. The third-order valence-electron chi connectivity index (χ3n) is 1.81. The zero-order chi connectivity index (χ0) is 12.1. The second-order valence-corrected chi connectivity index (χ2v) is 3.53. The van der Waals surface area contributed by atoms with Crippen molar-refractivity contribution in [3.63, 3.8) is 0 Å². The lowest BCUT2D eigenvalue weighted by atomic mass is 10.1. The van der Waals surface area contributed by atoms with Crippen LogP contribution in [0.4, 0.5) is 0 Å². The van der Waals surface area contributed by atoms with E-state index in [0.29, 0.717) is 5.75 Å². The van der Waals surface area contributed by atoms with Crippen molar-refractivity contribution in [1.82, 2.24) is 0 Å². The molecule has 16 heavy (non-hydrogen) atoms. The molecule has 0 N–H and O–H groups in total. The van der Waals surface area contributed by atoms with Gasteiger partial charge in [-0.3, -0.25) is 9.59 Å². The number of hydrogen-bond acceptors (Lipinski definition) is 4. The fourth-order valence-corrected chi connectivity index (χ4v) is 1.32. The molecule has 0 saturated carbocycles. The van der Waals surface area contributed by atoms with E-state index in [1.807, 2.05) is 13.0 Å². The molecule has 0 amide bonds. The molecule has 0 aliphatic carbocycles. The predicted octanol–water partition coefficient (Wildman–Crippen LogP) is 1.98. The summed E-state index contributed by atoms with van der Waals surface area (Å²) in [6.07, 6.45) is 0. The Labute approximate surface area is 94.2 Å². The zero-order valence-electron chi connectivity index (χ0n) is 9.57. The van der Waals surface area contributed by atoms with Gasteiger partial charge in [0.25, 0.3) is 0 Å². The van der Waals surface area contributed by atoms with Crippen LogP contribution in [0.2, 0.25) is 0 Å². The van der Waals surface area contributed by atoms with Gasteiger partial charge in [-0.15, -0.1) is 0 Å². The Bertz CT molecular complexity index is 409. The van der Waals surface area contributed by atoms with Gasteiger partial charge in [0.05, 0.1) is 0 Å². The molecule has 86 valence electrons. The summed E-state index contributed by atoms with van der Waals surface area (Å²) in [7, 11) is 0. The van der Waals surface area contributed by atoms with Crippen LogP contribution in [0.25, 0.3) is 0 Å². The van der Waals surface area contributed by atoms with E-state index in [9.17, 15) is 9.59 Å². The lowest BCUT2D eigenvalue weighted by Gasteiger charge is -2.07. The van der Waals surface area contributed by atoms with E-state index in [0.717, 1.165) is 11.1 Å². The second-order valence-electron chi connectivity index (χ2n) is 3.53. The van der Waals surface area contributed by atoms with Gasteiger partial charge in [-0.25, -0.2) is 0 Å². The van der Waals surface area contributed by atoms with Gasteiger partial charge in [-0.2, -0.15) is 0 Å². The van der Waals surface area contributed by atoms with Gasteiger partial charge in [-0.05, 0) is 30.2 Å². The van der Waals surface area contributed by atoms with E-state index >= 15 is 0 Å². The van der Waals surface area contributed by atoms with E-state index in [2.05, 4.69) is 0 Å². The van der Waals surface area contributed by atoms with Gasteiger partial charge in [0.1, 0.15) is 12.4 Å². The minimum atomic E-state index is -0.371. The van der Waals surface area contributed by atoms with Crippen LogP contribution in [0, 0.1) is 6.92 Å². The summed E-state index contributed by atoms with van der Waals surface area (Å²) >= 11 is 0. The number of carbonyl (C=O) groups is 2. The van der Waals surface area contributed by atoms with E-state index < -0.39 is 0 Å². The molecule has 0 spiro atoms. The highest BCUT2D eigenvalue weighted by Gasteiger charge is 2.03. The van der Waals surface area contributed by atoms with Crippen LogP contribution in [0.5, 0.6) is 5.75 Å². The molecule has 0 saturated heterocycles. The van der Waals surface area contributed by atoms with Crippen molar-refractivity contribution in [3.8, 4) is 5.75 Å². The number of carbonyl (C=O) groups excluding carboxylic acids is 2. The zero-order valence-corrected chi connectivity index (χ0v) is 9.57. The van der Waals surface area contributed by atoms with E-state index in [4.69, 9.17) is 9.47 Å². The Balaban J connectivity index is 2.80. The molecule has 4 heteroatoms. The van der Waals surface area contributed by atoms with Crippen molar-refractivity contribution < 1.29 is 19.1 Å². The van der Waals surface area contributed by atoms with Crippen LogP contribution in [0.15, 0.2) is 18.2 Å². The normalized spacial score (nSPS) is 9.69. The van der Waals surface area contributed by atoms with Gasteiger partial charge < -0.3 is 9.47 Å². The molecule has 1 aromatic carbocycles. The lowest BCUT2D eigenvalue weighted by molar-refractivity contribution is -0.142. The van der Waals surface area contributed by atoms with Crippen molar-refractivity contribution in [2.45, 2.75) is 27.4 Å². The Morgan fingerprint density at radius 2 is 1.81 bits per heavy atom. The van der Waals surface area contributed by atoms with Crippen LogP contribution in [-0.2, 0) is 20.9 Å². The summed E-state index contributed by atoms with van der Waals surface area (Å²) < 4.78 is 9.83. The number of ether oxygens (including phenoxy) is 2. The third kappa shape index (κ3) is 4.13. The van der Waals surface area contributed by atoms with E-state index in [1.54, 1.807) is 12.1 Å². The molecule has 0 heterocycles. The van der Waals surface area contributed by atoms with Gasteiger partial charge in [-0.1, -0.05) is 6.07 Å². The topological polar surface area (TPSA) is 52.6 Å². The van der Waals surface area contributed by atoms with Crippen LogP contribution in [-0.4, -0.2) is 11.9 Å². The third-order valence-corrected chi connectivity index (χ3v) is 1.81. The maximum Gasteiger partial charge on any atom is 0.308 e. The predicted molar refractivity (Wildman–Crippen MR) is 58.0 cm³/mol. The number of hydrogen-bond donors (Lipinski definition) is 0. The van der Waals surface area contributed by atoms with Gasteiger partial charge in [0, 0.05) is 13.8 Å². The maximum absolute atomic E-state index is 10.8. The second kappa shape index (κ2) is 5.30. The molecular formula is C12H14O4. The monoisotopic (exact) mass is 222 g/mol. The van der Waals surface area contributed by atoms with Crippen molar-refractivity contribution in [1.29, 1.82) is 0 Å². The van der Waals surface area contributed by atoms with Gasteiger partial charge >= 0.3 is 11.9 Å². The summed E-state index contributed by atoms with van der Waals surface area (Å²) in [5.74, 6) is -0.241.